The Morgan fingerprint density at radius 3 is 2.80 bits per heavy atom. The maximum Gasteiger partial charge on any atom is 0.410 e. The van der Waals surface area contributed by atoms with E-state index in [2.05, 4.69) is 0 Å². The molecule has 2 fully saturated rings. The third-order valence-electron chi connectivity index (χ3n) is 3.46. The van der Waals surface area contributed by atoms with Crippen LogP contribution >= 0.6 is 0 Å². The molecule has 15 heavy (non-hydrogen) atoms. The van der Waals surface area contributed by atoms with Crippen molar-refractivity contribution in [3.05, 3.63) is 0 Å². The summed E-state index contributed by atoms with van der Waals surface area (Å²) in [6.45, 7) is 1.26. The molecular weight excluding hydrogens is 192 g/mol. The van der Waals surface area contributed by atoms with Crippen LogP contribution < -0.4 is 5.73 Å². The second-order valence-corrected chi connectivity index (χ2v) is 4.51. The van der Waals surface area contributed by atoms with Crippen LogP contribution in [0.25, 0.3) is 0 Å². The number of hydrogen-bond acceptors (Lipinski definition) is 3. The van der Waals surface area contributed by atoms with Gasteiger partial charge in [-0.3, -0.25) is 4.90 Å². The first kappa shape index (κ1) is 10.7. The molecule has 4 nitrogen and oxygen atoms in total. The Labute approximate surface area is 90.8 Å². The molecule has 1 atom stereocenters. The molecule has 1 amide bonds. The topological polar surface area (TPSA) is 55.6 Å². The van der Waals surface area contributed by atoms with Gasteiger partial charge in [0.05, 0.1) is 6.04 Å². The summed E-state index contributed by atoms with van der Waals surface area (Å²) < 4.78 is 5.13. The van der Waals surface area contributed by atoms with Crippen molar-refractivity contribution in [2.45, 2.75) is 50.6 Å². The van der Waals surface area contributed by atoms with Crippen LogP contribution in [0.4, 0.5) is 4.79 Å². The van der Waals surface area contributed by atoms with Gasteiger partial charge in [-0.05, 0) is 32.2 Å². The van der Waals surface area contributed by atoms with Crippen LogP contribution in [0.15, 0.2) is 0 Å². The highest BCUT2D eigenvalue weighted by atomic mass is 16.6. The highest BCUT2D eigenvalue weighted by Gasteiger charge is 2.38. The van der Waals surface area contributed by atoms with Crippen LogP contribution in [0.3, 0.4) is 0 Å². The molecule has 2 aliphatic rings. The van der Waals surface area contributed by atoms with Crippen LogP contribution in [0.5, 0.6) is 0 Å². The van der Waals surface area contributed by atoms with Crippen molar-refractivity contribution in [1.82, 2.24) is 4.90 Å². The molecule has 0 aromatic carbocycles. The second-order valence-electron chi connectivity index (χ2n) is 4.51. The predicted molar refractivity (Wildman–Crippen MR) is 57.5 cm³/mol. The maximum atomic E-state index is 11.6. The minimum Gasteiger partial charge on any atom is -0.447 e. The lowest BCUT2D eigenvalue weighted by atomic mass is 10.1. The number of amides is 1. The molecule has 1 heterocycles. The second kappa shape index (κ2) is 4.84. The molecule has 1 aliphatic heterocycles. The van der Waals surface area contributed by atoms with Gasteiger partial charge in [-0.1, -0.05) is 12.8 Å². The Balaban J connectivity index is 1.94. The minimum atomic E-state index is -0.107. The molecule has 2 N–H and O–H groups in total. The number of nitrogens with zero attached hydrogens (tertiary/aromatic N) is 1. The van der Waals surface area contributed by atoms with E-state index in [1.165, 1.54) is 12.8 Å². The van der Waals surface area contributed by atoms with E-state index in [1.807, 2.05) is 4.90 Å². The molecule has 2 rings (SSSR count). The summed E-state index contributed by atoms with van der Waals surface area (Å²) in [7, 11) is 0. The molecule has 0 radical (unpaired) electrons. The molecule has 4 heteroatoms. The van der Waals surface area contributed by atoms with E-state index in [0.717, 1.165) is 25.7 Å². The fraction of sp³-hybridized carbons (Fsp3) is 0.909. The number of carbonyl (C=O) groups excluding carboxylic acids is 1. The number of nitrogens with two attached hydrogens (primary N) is 1. The zero-order valence-electron chi connectivity index (χ0n) is 9.15. The molecule has 0 spiro atoms. The first-order chi connectivity index (χ1) is 7.33. The first-order valence-electron chi connectivity index (χ1n) is 5.98. The fourth-order valence-electron chi connectivity index (χ4n) is 2.68. The Hall–Kier alpha value is -0.770. The number of cyclic esters (lactones) is 1. The van der Waals surface area contributed by atoms with Crippen molar-refractivity contribution >= 4 is 6.09 Å². The van der Waals surface area contributed by atoms with Crippen molar-refractivity contribution in [3.63, 3.8) is 0 Å². The van der Waals surface area contributed by atoms with Crippen LogP contribution in [0.1, 0.15) is 38.5 Å². The third kappa shape index (κ3) is 2.25. The number of carbonyl (C=O) groups is 1. The summed E-state index contributed by atoms with van der Waals surface area (Å²) in [6, 6.07) is 0.715. The summed E-state index contributed by atoms with van der Waals surface area (Å²) in [5, 5.41) is 0. The van der Waals surface area contributed by atoms with E-state index >= 15 is 0 Å². The van der Waals surface area contributed by atoms with Gasteiger partial charge in [-0.25, -0.2) is 4.79 Å². The van der Waals surface area contributed by atoms with Gasteiger partial charge < -0.3 is 10.5 Å². The Kier molecular flexibility index (Phi) is 3.46. The standard InChI is InChI=1S/C11H20N2O2/c12-7-3-6-10-8-15-11(14)13(10)9-4-1-2-5-9/h9-10H,1-8,12H2. The highest BCUT2D eigenvalue weighted by molar-refractivity contribution is 5.70. The van der Waals surface area contributed by atoms with Gasteiger partial charge in [0.1, 0.15) is 6.61 Å². The Morgan fingerprint density at radius 1 is 1.40 bits per heavy atom. The highest BCUT2D eigenvalue weighted by Crippen LogP contribution is 2.29. The van der Waals surface area contributed by atoms with Gasteiger partial charge in [0.15, 0.2) is 0 Å². The number of hydrogen-bond donors (Lipinski definition) is 1. The molecule has 0 aromatic heterocycles. The zero-order chi connectivity index (χ0) is 10.7. The lowest BCUT2D eigenvalue weighted by Gasteiger charge is -2.27. The SMILES string of the molecule is NCCCC1COC(=O)N1C1CCCC1. The molecule has 1 saturated heterocycles. The number of rotatable bonds is 4. The molecule has 0 aromatic rings. The van der Waals surface area contributed by atoms with Crippen LogP contribution in [-0.4, -0.2) is 36.2 Å². The van der Waals surface area contributed by atoms with Gasteiger partial charge in [0, 0.05) is 6.04 Å². The molecular formula is C11H20N2O2. The van der Waals surface area contributed by atoms with E-state index in [1.54, 1.807) is 0 Å². The molecule has 1 aliphatic carbocycles. The summed E-state index contributed by atoms with van der Waals surface area (Å²) in [5.74, 6) is 0. The Bertz CT molecular complexity index is 227. The molecule has 86 valence electrons. The average Bonchev–Trinajstić information content (AvgIpc) is 2.84. The van der Waals surface area contributed by atoms with Crippen LogP contribution in [0.2, 0.25) is 0 Å². The summed E-state index contributed by atoms with van der Waals surface area (Å²) in [6.07, 6.45) is 6.64. The lowest BCUT2D eigenvalue weighted by molar-refractivity contribution is 0.143. The zero-order valence-corrected chi connectivity index (χ0v) is 9.15. The summed E-state index contributed by atoms with van der Waals surface area (Å²) in [4.78, 5) is 13.6. The minimum absolute atomic E-state index is 0.107. The van der Waals surface area contributed by atoms with E-state index < -0.39 is 0 Å². The van der Waals surface area contributed by atoms with Crippen molar-refractivity contribution in [2.75, 3.05) is 13.2 Å². The van der Waals surface area contributed by atoms with Crippen LogP contribution in [-0.2, 0) is 4.74 Å². The summed E-state index contributed by atoms with van der Waals surface area (Å²) in [5.41, 5.74) is 5.50. The normalized spacial score (nSPS) is 27.4. The predicted octanol–water partition coefficient (Wildman–Crippen LogP) is 1.49. The van der Waals surface area contributed by atoms with Crippen molar-refractivity contribution < 1.29 is 9.53 Å². The quantitative estimate of drug-likeness (QED) is 0.768. The molecule has 1 saturated carbocycles. The monoisotopic (exact) mass is 212 g/mol. The smallest absolute Gasteiger partial charge is 0.410 e. The van der Waals surface area contributed by atoms with Crippen molar-refractivity contribution in [1.29, 1.82) is 0 Å². The summed E-state index contributed by atoms with van der Waals surface area (Å²) >= 11 is 0. The van der Waals surface area contributed by atoms with E-state index in [-0.39, 0.29) is 12.1 Å². The average molecular weight is 212 g/mol. The lowest BCUT2D eigenvalue weighted by Crippen LogP contribution is -2.40. The molecule has 1 unspecified atom stereocenters. The largest absolute Gasteiger partial charge is 0.447 e. The maximum absolute atomic E-state index is 11.6. The first-order valence-corrected chi connectivity index (χ1v) is 5.98. The van der Waals surface area contributed by atoms with Gasteiger partial charge in [-0.15, -0.1) is 0 Å². The number of ether oxygens (including phenoxy) is 1. The fourth-order valence-corrected chi connectivity index (χ4v) is 2.68. The van der Waals surface area contributed by atoms with Gasteiger partial charge in [-0.2, -0.15) is 0 Å². The molecule has 0 bridgehead atoms. The third-order valence-corrected chi connectivity index (χ3v) is 3.46. The van der Waals surface area contributed by atoms with E-state index in [0.29, 0.717) is 19.2 Å². The van der Waals surface area contributed by atoms with Crippen molar-refractivity contribution in [2.24, 2.45) is 5.73 Å². The van der Waals surface area contributed by atoms with Crippen molar-refractivity contribution in [3.8, 4) is 0 Å². The van der Waals surface area contributed by atoms with Gasteiger partial charge in [0.2, 0.25) is 0 Å². The van der Waals surface area contributed by atoms with Gasteiger partial charge in [0.25, 0.3) is 0 Å². The van der Waals surface area contributed by atoms with Gasteiger partial charge >= 0.3 is 6.09 Å². The van der Waals surface area contributed by atoms with Crippen LogP contribution in [0, 0.1) is 0 Å². The van der Waals surface area contributed by atoms with E-state index in [4.69, 9.17) is 10.5 Å². The Morgan fingerprint density at radius 2 is 2.13 bits per heavy atom. The van der Waals surface area contributed by atoms with E-state index in [9.17, 15) is 4.79 Å².